The highest BCUT2D eigenvalue weighted by Crippen LogP contribution is 2.62. The van der Waals surface area contributed by atoms with E-state index < -0.39 is 17.4 Å². The highest BCUT2D eigenvalue weighted by Gasteiger charge is 2.72. The summed E-state index contributed by atoms with van der Waals surface area (Å²) in [4.78, 5) is 11.1. The minimum Gasteiger partial charge on any atom is -0.315 e. The van der Waals surface area contributed by atoms with Crippen molar-refractivity contribution in [3.63, 3.8) is 0 Å². The largest absolute Gasteiger partial charge is 0.315 e. The predicted octanol–water partition coefficient (Wildman–Crippen LogP) is 2.69. The van der Waals surface area contributed by atoms with Crippen molar-refractivity contribution >= 4 is 0 Å². The van der Waals surface area contributed by atoms with Crippen molar-refractivity contribution in [3.05, 3.63) is 35.9 Å². The summed E-state index contributed by atoms with van der Waals surface area (Å²) in [6.07, 6.45) is 1.84. The quantitative estimate of drug-likeness (QED) is 0.716. The van der Waals surface area contributed by atoms with E-state index >= 15 is 0 Å². The van der Waals surface area contributed by atoms with Crippen molar-refractivity contribution in [2.75, 3.05) is 0 Å². The van der Waals surface area contributed by atoms with Gasteiger partial charge in [-0.25, -0.2) is 0 Å². The first-order valence-corrected chi connectivity index (χ1v) is 6.39. The van der Waals surface area contributed by atoms with Gasteiger partial charge in [0.05, 0.1) is 5.92 Å². The molecule has 0 aromatic heterocycles. The van der Waals surface area contributed by atoms with E-state index in [1.807, 2.05) is 44.2 Å². The molecule has 0 amide bonds. The zero-order chi connectivity index (χ0) is 12.4. The van der Waals surface area contributed by atoms with Crippen LogP contribution in [0.15, 0.2) is 30.3 Å². The molecule has 4 aliphatic rings. The molecule has 4 fully saturated rings. The minimum absolute atomic E-state index is 0.0641. The van der Waals surface area contributed by atoms with Crippen molar-refractivity contribution < 1.29 is 19.2 Å². The van der Waals surface area contributed by atoms with Gasteiger partial charge in [0.15, 0.2) is 5.79 Å². The van der Waals surface area contributed by atoms with Gasteiger partial charge in [-0.05, 0) is 20.3 Å². The summed E-state index contributed by atoms with van der Waals surface area (Å²) in [6.45, 7) is 3.89. The highest BCUT2D eigenvalue weighted by atomic mass is 17.3. The van der Waals surface area contributed by atoms with Crippen LogP contribution in [0.4, 0.5) is 0 Å². The molecule has 0 N–H and O–H groups in total. The van der Waals surface area contributed by atoms with Gasteiger partial charge in [0.1, 0.15) is 0 Å². The van der Waals surface area contributed by atoms with Crippen LogP contribution in [0, 0.1) is 5.92 Å². The lowest BCUT2D eigenvalue weighted by Crippen LogP contribution is -2.62. The summed E-state index contributed by atoms with van der Waals surface area (Å²) in [5.41, 5.74) is 0.993. The van der Waals surface area contributed by atoms with E-state index in [-0.39, 0.29) is 5.92 Å². The van der Waals surface area contributed by atoms with E-state index in [4.69, 9.17) is 19.2 Å². The maximum Gasteiger partial charge on any atom is 0.238 e. The first kappa shape index (κ1) is 10.9. The van der Waals surface area contributed by atoms with Crippen LogP contribution in [-0.4, -0.2) is 11.6 Å². The van der Waals surface area contributed by atoms with Gasteiger partial charge in [0.2, 0.25) is 11.6 Å². The average molecular weight is 248 g/mol. The molecule has 4 atom stereocenters. The Hall–Kier alpha value is -0.940. The first-order valence-electron chi connectivity index (χ1n) is 6.39. The fourth-order valence-corrected chi connectivity index (χ4v) is 3.49. The summed E-state index contributed by atoms with van der Waals surface area (Å²) in [5, 5.41) is 0. The standard InChI is InChI=1S/C14H16O4/c1-12-9-8-11-13(2,15-12)17-18-14(11,16-12)10-6-4-3-5-7-10/h3-7,11H,8-9H2,1-2H3/t11-,12+,13-,14+/m1/s1. The molecule has 5 rings (SSSR count). The number of fused-ring (bicyclic) bond motifs is 1. The molecule has 0 saturated carbocycles. The molecule has 18 heavy (non-hydrogen) atoms. The van der Waals surface area contributed by atoms with E-state index in [0.717, 1.165) is 18.4 Å². The van der Waals surface area contributed by atoms with Gasteiger partial charge < -0.3 is 9.47 Å². The Labute approximate surface area is 106 Å². The summed E-state index contributed by atoms with van der Waals surface area (Å²) in [6, 6.07) is 9.97. The summed E-state index contributed by atoms with van der Waals surface area (Å²) in [5.74, 6) is -2.09. The number of ether oxygens (including phenoxy) is 2. The number of benzene rings is 1. The fraction of sp³-hybridized carbons (Fsp3) is 0.571. The Balaban J connectivity index is 1.87. The number of hydrogen-bond acceptors (Lipinski definition) is 4. The predicted molar refractivity (Wildman–Crippen MR) is 62.0 cm³/mol. The molecular weight excluding hydrogens is 232 g/mol. The molecule has 1 aromatic rings. The SMILES string of the molecule is C[C@@]12CC[C@@H]3[C@@](C)(OO[C@]3(c3ccccc3)O1)O2. The maximum absolute atomic E-state index is 6.13. The molecule has 96 valence electrons. The smallest absolute Gasteiger partial charge is 0.238 e. The Morgan fingerprint density at radius 1 is 1.06 bits per heavy atom. The highest BCUT2D eigenvalue weighted by molar-refractivity contribution is 5.25. The van der Waals surface area contributed by atoms with Crippen LogP contribution in [-0.2, 0) is 25.0 Å². The molecule has 0 radical (unpaired) electrons. The second kappa shape index (κ2) is 3.14. The number of hydrogen-bond donors (Lipinski definition) is 0. The molecule has 4 aliphatic heterocycles. The van der Waals surface area contributed by atoms with Crippen molar-refractivity contribution in [1.29, 1.82) is 0 Å². The van der Waals surface area contributed by atoms with Crippen molar-refractivity contribution in [3.8, 4) is 0 Å². The van der Waals surface area contributed by atoms with Crippen LogP contribution in [0.3, 0.4) is 0 Å². The van der Waals surface area contributed by atoms with Gasteiger partial charge in [-0.2, -0.15) is 9.78 Å². The van der Waals surface area contributed by atoms with Gasteiger partial charge in [-0.3, -0.25) is 0 Å². The van der Waals surface area contributed by atoms with Crippen LogP contribution in [0.25, 0.3) is 0 Å². The lowest BCUT2D eigenvalue weighted by atomic mass is 9.76. The van der Waals surface area contributed by atoms with E-state index in [1.54, 1.807) is 0 Å². The van der Waals surface area contributed by atoms with E-state index in [9.17, 15) is 0 Å². The Morgan fingerprint density at radius 3 is 2.56 bits per heavy atom. The normalized spacial score (nSPS) is 49.6. The molecule has 4 nitrogen and oxygen atoms in total. The van der Waals surface area contributed by atoms with Gasteiger partial charge in [-0.15, -0.1) is 0 Å². The fourth-order valence-electron chi connectivity index (χ4n) is 3.49. The van der Waals surface area contributed by atoms with E-state index in [0.29, 0.717) is 0 Å². The van der Waals surface area contributed by atoms with Crippen molar-refractivity contribution in [2.24, 2.45) is 5.92 Å². The van der Waals surface area contributed by atoms with Crippen LogP contribution >= 0.6 is 0 Å². The zero-order valence-corrected chi connectivity index (χ0v) is 10.5. The van der Waals surface area contributed by atoms with Crippen molar-refractivity contribution in [1.82, 2.24) is 0 Å². The molecule has 0 unspecified atom stereocenters. The Kier molecular flexibility index (Phi) is 1.91. The molecule has 0 spiro atoms. The minimum atomic E-state index is -0.818. The molecule has 1 aromatic carbocycles. The second-order valence-electron chi connectivity index (χ2n) is 5.65. The average Bonchev–Trinajstić information content (AvgIpc) is 2.59. The monoisotopic (exact) mass is 248 g/mol. The third-order valence-electron chi connectivity index (χ3n) is 4.27. The molecule has 4 heterocycles. The van der Waals surface area contributed by atoms with Crippen molar-refractivity contribution in [2.45, 2.75) is 44.1 Å². The molecule has 0 aliphatic carbocycles. The third-order valence-corrected chi connectivity index (χ3v) is 4.27. The van der Waals surface area contributed by atoms with Gasteiger partial charge in [0.25, 0.3) is 0 Å². The zero-order valence-electron chi connectivity index (χ0n) is 10.5. The van der Waals surface area contributed by atoms with Crippen LogP contribution in [0.5, 0.6) is 0 Å². The number of rotatable bonds is 1. The molecular formula is C14H16O4. The van der Waals surface area contributed by atoms with Crippen LogP contribution in [0.1, 0.15) is 32.3 Å². The van der Waals surface area contributed by atoms with E-state index in [2.05, 4.69) is 0 Å². The first-order chi connectivity index (χ1) is 8.57. The van der Waals surface area contributed by atoms with Crippen LogP contribution in [0.2, 0.25) is 0 Å². The summed E-state index contributed by atoms with van der Waals surface area (Å²) >= 11 is 0. The third kappa shape index (κ3) is 1.19. The lowest BCUT2D eigenvalue weighted by molar-refractivity contribution is -0.433. The topological polar surface area (TPSA) is 36.9 Å². The van der Waals surface area contributed by atoms with Gasteiger partial charge in [-0.1, -0.05) is 30.3 Å². The van der Waals surface area contributed by atoms with Crippen LogP contribution < -0.4 is 0 Å². The maximum atomic E-state index is 6.13. The van der Waals surface area contributed by atoms with Gasteiger partial charge in [0, 0.05) is 12.0 Å². The van der Waals surface area contributed by atoms with Gasteiger partial charge >= 0.3 is 0 Å². The molecule has 4 bridgehead atoms. The Bertz CT molecular complexity index is 490. The van der Waals surface area contributed by atoms with E-state index in [1.165, 1.54) is 0 Å². The second-order valence-corrected chi connectivity index (χ2v) is 5.65. The molecule has 4 heteroatoms. The Morgan fingerprint density at radius 2 is 1.83 bits per heavy atom. The lowest BCUT2D eigenvalue weighted by Gasteiger charge is -2.54. The summed E-state index contributed by atoms with van der Waals surface area (Å²) in [7, 11) is 0. The molecule has 4 saturated heterocycles. The summed E-state index contributed by atoms with van der Waals surface area (Å²) < 4.78 is 12.1.